The van der Waals surface area contributed by atoms with Crippen LogP contribution in [0.15, 0.2) is 24.3 Å². The number of ether oxygens (including phenoxy) is 1. The molecule has 1 heterocycles. The van der Waals surface area contributed by atoms with E-state index in [0.29, 0.717) is 19.4 Å². The SMILES string of the molecule is COC(=O)CCCCCCC/C=C\CC1(CC(=O)/C=C/CCO[Si](C)(C)C(C)(C)C)SCCCS1. The van der Waals surface area contributed by atoms with Crippen molar-refractivity contribution in [1.82, 2.24) is 0 Å². The fourth-order valence-electron chi connectivity index (χ4n) is 3.59. The minimum atomic E-state index is -1.72. The number of rotatable bonds is 17. The van der Waals surface area contributed by atoms with Crippen molar-refractivity contribution >= 4 is 43.6 Å². The number of esters is 1. The summed E-state index contributed by atoms with van der Waals surface area (Å²) in [6, 6.07) is 0. The zero-order valence-electron chi connectivity index (χ0n) is 23.2. The molecule has 0 unspecified atom stereocenters. The van der Waals surface area contributed by atoms with Crippen molar-refractivity contribution in [3.8, 4) is 0 Å². The largest absolute Gasteiger partial charge is 0.469 e. The number of carbonyl (C=O) groups is 2. The van der Waals surface area contributed by atoms with Gasteiger partial charge in [-0.3, -0.25) is 9.59 Å². The van der Waals surface area contributed by atoms with Gasteiger partial charge in [0.15, 0.2) is 14.1 Å². The van der Waals surface area contributed by atoms with Crippen LogP contribution in [0.25, 0.3) is 0 Å². The third-order valence-electron chi connectivity index (χ3n) is 6.89. The Bertz CT molecular complexity index is 677. The zero-order chi connectivity index (χ0) is 26.2. The highest BCUT2D eigenvalue weighted by molar-refractivity contribution is 8.18. The molecular weight excluding hydrogens is 493 g/mol. The molecule has 0 spiro atoms. The Labute approximate surface area is 225 Å². The summed E-state index contributed by atoms with van der Waals surface area (Å²) in [7, 11) is -0.271. The zero-order valence-corrected chi connectivity index (χ0v) is 25.8. The number of hydrogen-bond acceptors (Lipinski definition) is 6. The van der Waals surface area contributed by atoms with E-state index in [2.05, 4.69) is 50.8 Å². The number of unbranched alkanes of at least 4 members (excludes halogenated alkanes) is 5. The number of carbonyl (C=O) groups excluding carboxylic acids is 2. The second-order valence-electron chi connectivity index (χ2n) is 11.0. The fraction of sp³-hybridized carbons (Fsp3) is 0.786. The van der Waals surface area contributed by atoms with Crippen molar-refractivity contribution in [3.05, 3.63) is 24.3 Å². The van der Waals surface area contributed by atoms with E-state index >= 15 is 0 Å². The van der Waals surface area contributed by atoms with Crippen LogP contribution >= 0.6 is 23.5 Å². The number of ketones is 1. The van der Waals surface area contributed by atoms with Gasteiger partial charge in [0, 0.05) is 19.4 Å². The van der Waals surface area contributed by atoms with E-state index in [-0.39, 0.29) is 20.9 Å². The highest BCUT2D eigenvalue weighted by Gasteiger charge is 2.37. The number of methoxy groups -OCH3 is 1. The van der Waals surface area contributed by atoms with E-state index in [9.17, 15) is 9.59 Å². The molecule has 0 atom stereocenters. The van der Waals surface area contributed by atoms with Crippen molar-refractivity contribution < 1.29 is 18.8 Å². The fourth-order valence-corrected chi connectivity index (χ4v) is 7.91. The molecule has 0 saturated carbocycles. The molecule has 0 N–H and O–H groups in total. The van der Waals surface area contributed by atoms with Crippen LogP contribution in [-0.2, 0) is 18.8 Å². The quantitative estimate of drug-likeness (QED) is 0.0605. The summed E-state index contributed by atoms with van der Waals surface area (Å²) >= 11 is 3.94. The summed E-state index contributed by atoms with van der Waals surface area (Å²) in [6.07, 6.45) is 19.2. The first-order valence-electron chi connectivity index (χ1n) is 13.3. The molecule has 1 rings (SSSR count). The van der Waals surface area contributed by atoms with Crippen LogP contribution in [0, 0.1) is 0 Å². The van der Waals surface area contributed by atoms with E-state index in [0.717, 1.165) is 43.6 Å². The molecule has 0 aromatic carbocycles. The first-order chi connectivity index (χ1) is 16.5. The molecule has 35 heavy (non-hydrogen) atoms. The Balaban J connectivity index is 2.34. The van der Waals surface area contributed by atoms with Gasteiger partial charge in [0.1, 0.15) is 0 Å². The van der Waals surface area contributed by atoms with Gasteiger partial charge in [0.25, 0.3) is 0 Å². The van der Waals surface area contributed by atoms with Crippen LogP contribution in [0.4, 0.5) is 0 Å². The normalized spacial score (nSPS) is 16.7. The smallest absolute Gasteiger partial charge is 0.305 e. The Hall–Kier alpha value is -0.503. The van der Waals surface area contributed by atoms with Crippen molar-refractivity contribution in [2.75, 3.05) is 25.2 Å². The van der Waals surface area contributed by atoms with E-state index < -0.39 is 8.32 Å². The second-order valence-corrected chi connectivity index (χ2v) is 19.0. The van der Waals surface area contributed by atoms with Gasteiger partial charge in [0.05, 0.1) is 11.2 Å². The monoisotopic (exact) mass is 542 g/mol. The number of thioether (sulfide) groups is 2. The van der Waals surface area contributed by atoms with Gasteiger partial charge in [-0.1, -0.05) is 58.3 Å². The Morgan fingerprint density at radius 3 is 2.26 bits per heavy atom. The Morgan fingerprint density at radius 2 is 1.60 bits per heavy atom. The van der Waals surface area contributed by atoms with Gasteiger partial charge in [-0.25, -0.2) is 0 Å². The molecule has 1 fully saturated rings. The molecule has 1 aliphatic rings. The molecule has 202 valence electrons. The minimum absolute atomic E-state index is 0.0122. The van der Waals surface area contributed by atoms with E-state index in [1.54, 1.807) is 6.08 Å². The standard InChI is InChI=1S/C28H50O4S2Si/c1-27(2,3)35(5,6)32-21-16-14-18-25(29)24-28(33-22-17-23-34-28)20-15-12-10-8-7-9-11-13-19-26(30)31-4/h12,14-15,18H,7-11,13,16-17,19-24H2,1-6H3/b15-12-,18-14+. The summed E-state index contributed by atoms with van der Waals surface area (Å²) in [4.78, 5) is 23.9. The molecule has 0 aromatic heterocycles. The van der Waals surface area contributed by atoms with Crippen LogP contribution in [0.3, 0.4) is 0 Å². The average molecular weight is 543 g/mol. The molecule has 4 nitrogen and oxygen atoms in total. The average Bonchev–Trinajstić information content (AvgIpc) is 2.79. The molecule has 0 aromatic rings. The maximum absolute atomic E-state index is 12.8. The van der Waals surface area contributed by atoms with Crippen LogP contribution in [-0.4, -0.2) is 49.4 Å². The summed E-state index contributed by atoms with van der Waals surface area (Å²) in [5.41, 5.74) is 0. The minimum Gasteiger partial charge on any atom is -0.469 e. The lowest BCUT2D eigenvalue weighted by Crippen LogP contribution is -2.40. The summed E-state index contributed by atoms with van der Waals surface area (Å²) in [5.74, 6) is 2.41. The van der Waals surface area contributed by atoms with Crippen molar-refractivity contribution in [2.45, 2.75) is 114 Å². The topological polar surface area (TPSA) is 52.6 Å². The van der Waals surface area contributed by atoms with E-state index in [1.165, 1.54) is 32.8 Å². The molecule has 0 bridgehead atoms. The maximum atomic E-state index is 12.8. The van der Waals surface area contributed by atoms with Gasteiger partial charge in [-0.2, -0.15) is 0 Å². The summed E-state index contributed by atoms with van der Waals surface area (Å²) in [6.45, 7) is 12.0. The van der Waals surface area contributed by atoms with Crippen LogP contribution in [0.1, 0.15) is 91.4 Å². The maximum Gasteiger partial charge on any atom is 0.305 e. The van der Waals surface area contributed by atoms with Crippen LogP contribution < -0.4 is 0 Å². The highest BCUT2D eigenvalue weighted by atomic mass is 32.2. The number of allylic oxidation sites excluding steroid dienone is 3. The molecule has 1 saturated heterocycles. The molecule has 0 radical (unpaired) electrons. The van der Waals surface area contributed by atoms with Crippen molar-refractivity contribution in [2.24, 2.45) is 0 Å². The lowest BCUT2D eigenvalue weighted by atomic mass is 10.1. The first-order valence-corrected chi connectivity index (χ1v) is 18.2. The van der Waals surface area contributed by atoms with Crippen molar-refractivity contribution in [3.63, 3.8) is 0 Å². The van der Waals surface area contributed by atoms with Gasteiger partial charge >= 0.3 is 5.97 Å². The third-order valence-corrected chi connectivity index (χ3v) is 14.8. The molecular formula is C28H50O4S2Si. The summed E-state index contributed by atoms with van der Waals surface area (Å²) in [5, 5.41) is 0.216. The van der Waals surface area contributed by atoms with Crippen LogP contribution in [0.2, 0.25) is 18.1 Å². The second kappa shape index (κ2) is 17.1. The Kier molecular flexibility index (Phi) is 15.9. The van der Waals surface area contributed by atoms with Crippen LogP contribution in [0.5, 0.6) is 0 Å². The number of hydrogen-bond donors (Lipinski definition) is 0. The van der Waals surface area contributed by atoms with Crippen molar-refractivity contribution in [1.29, 1.82) is 0 Å². The lowest BCUT2D eigenvalue weighted by molar-refractivity contribution is -0.140. The Morgan fingerprint density at radius 1 is 0.943 bits per heavy atom. The molecule has 7 heteroatoms. The molecule has 1 aliphatic heterocycles. The third kappa shape index (κ3) is 14.1. The lowest BCUT2D eigenvalue weighted by Gasteiger charge is -2.36. The first kappa shape index (κ1) is 32.5. The van der Waals surface area contributed by atoms with E-state index in [4.69, 9.17) is 4.43 Å². The van der Waals surface area contributed by atoms with E-state index in [1.807, 2.05) is 29.6 Å². The van der Waals surface area contributed by atoms with Gasteiger partial charge in [-0.05, 0) is 74.2 Å². The van der Waals surface area contributed by atoms with Gasteiger partial charge in [0.2, 0.25) is 0 Å². The highest BCUT2D eigenvalue weighted by Crippen LogP contribution is 2.47. The molecule has 0 amide bonds. The molecule has 0 aliphatic carbocycles. The van der Waals surface area contributed by atoms with Gasteiger partial charge < -0.3 is 9.16 Å². The van der Waals surface area contributed by atoms with Gasteiger partial charge in [-0.15, -0.1) is 23.5 Å². The predicted octanol–water partition coefficient (Wildman–Crippen LogP) is 8.33. The summed E-state index contributed by atoms with van der Waals surface area (Å²) < 4.78 is 10.9. The predicted molar refractivity (Wildman–Crippen MR) is 157 cm³/mol.